The van der Waals surface area contributed by atoms with Gasteiger partial charge in [-0.1, -0.05) is 44.0 Å². The standard InChI is InChI=1S/C22H24N2O/c1-3-4-5-6-17-7-9-18(10-8-17)21-15-24-22(16-23-21)19-11-13-20(25-2)14-12-19/h7-16H,3-6H2,1-2H3. The molecule has 0 N–H and O–H groups in total. The summed E-state index contributed by atoms with van der Waals surface area (Å²) < 4.78 is 5.19. The van der Waals surface area contributed by atoms with Crippen LogP contribution in [0.1, 0.15) is 31.7 Å². The number of rotatable bonds is 7. The van der Waals surface area contributed by atoms with Crippen LogP contribution in [0.4, 0.5) is 0 Å². The number of unbranched alkanes of at least 4 members (excludes halogenated alkanes) is 2. The van der Waals surface area contributed by atoms with Crippen molar-refractivity contribution in [2.24, 2.45) is 0 Å². The van der Waals surface area contributed by atoms with Gasteiger partial charge in [-0.05, 0) is 42.7 Å². The van der Waals surface area contributed by atoms with E-state index in [-0.39, 0.29) is 0 Å². The minimum atomic E-state index is 0.840. The summed E-state index contributed by atoms with van der Waals surface area (Å²) in [6.45, 7) is 2.23. The van der Waals surface area contributed by atoms with Crippen LogP contribution in [-0.4, -0.2) is 17.1 Å². The third-order valence-corrected chi connectivity index (χ3v) is 4.36. The van der Waals surface area contributed by atoms with Gasteiger partial charge >= 0.3 is 0 Å². The second kappa shape index (κ2) is 8.43. The molecule has 3 heteroatoms. The molecular formula is C22H24N2O. The molecular weight excluding hydrogens is 308 g/mol. The fourth-order valence-electron chi connectivity index (χ4n) is 2.81. The molecule has 3 rings (SSSR count). The zero-order chi connectivity index (χ0) is 17.5. The van der Waals surface area contributed by atoms with Gasteiger partial charge in [0.2, 0.25) is 0 Å². The number of ether oxygens (including phenoxy) is 1. The van der Waals surface area contributed by atoms with Crippen molar-refractivity contribution in [3.8, 4) is 28.3 Å². The largest absolute Gasteiger partial charge is 0.497 e. The van der Waals surface area contributed by atoms with Crippen LogP contribution in [0.5, 0.6) is 5.75 Å². The number of methoxy groups -OCH3 is 1. The maximum absolute atomic E-state index is 5.19. The minimum absolute atomic E-state index is 0.840. The van der Waals surface area contributed by atoms with Gasteiger partial charge in [-0.2, -0.15) is 0 Å². The first-order chi connectivity index (χ1) is 12.3. The van der Waals surface area contributed by atoms with Crippen LogP contribution in [0.2, 0.25) is 0 Å². The van der Waals surface area contributed by atoms with Gasteiger partial charge in [0.25, 0.3) is 0 Å². The smallest absolute Gasteiger partial charge is 0.118 e. The Morgan fingerprint density at radius 1 is 0.760 bits per heavy atom. The molecule has 0 radical (unpaired) electrons. The molecule has 0 aliphatic rings. The summed E-state index contributed by atoms with van der Waals surface area (Å²) >= 11 is 0. The topological polar surface area (TPSA) is 35.0 Å². The van der Waals surface area contributed by atoms with E-state index in [1.165, 1.54) is 24.8 Å². The number of nitrogens with zero attached hydrogens (tertiary/aromatic N) is 2. The minimum Gasteiger partial charge on any atom is -0.497 e. The Balaban J connectivity index is 1.71. The first-order valence-electron chi connectivity index (χ1n) is 8.86. The predicted molar refractivity (Wildman–Crippen MR) is 103 cm³/mol. The summed E-state index contributed by atoms with van der Waals surface area (Å²) in [4.78, 5) is 9.14. The second-order valence-electron chi connectivity index (χ2n) is 6.17. The summed E-state index contributed by atoms with van der Waals surface area (Å²) in [6.07, 6.45) is 8.62. The van der Waals surface area contributed by atoms with Gasteiger partial charge in [0, 0.05) is 11.1 Å². The molecule has 0 aliphatic carbocycles. The van der Waals surface area contributed by atoms with E-state index in [2.05, 4.69) is 41.2 Å². The van der Waals surface area contributed by atoms with Gasteiger partial charge in [0.15, 0.2) is 0 Å². The molecule has 0 aliphatic heterocycles. The van der Waals surface area contributed by atoms with E-state index in [1.54, 1.807) is 7.11 Å². The van der Waals surface area contributed by atoms with Crippen molar-refractivity contribution < 1.29 is 4.74 Å². The highest BCUT2D eigenvalue weighted by atomic mass is 16.5. The maximum Gasteiger partial charge on any atom is 0.118 e. The summed E-state index contributed by atoms with van der Waals surface area (Å²) in [5.74, 6) is 0.840. The lowest BCUT2D eigenvalue weighted by Gasteiger charge is -2.06. The van der Waals surface area contributed by atoms with E-state index in [0.717, 1.165) is 34.7 Å². The lowest BCUT2D eigenvalue weighted by atomic mass is 10.0. The number of hydrogen-bond acceptors (Lipinski definition) is 3. The van der Waals surface area contributed by atoms with Crippen molar-refractivity contribution in [1.29, 1.82) is 0 Å². The Labute approximate surface area is 149 Å². The Bertz CT molecular complexity index is 778. The highest BCUT2D eigenvalue weighted by Crippen LogP contribution is 2.22. The van der Waals surface area contributed by atoms with Crippen LogP contribution in [0.3, 0.4) is 0 Å². The number of hydrogen-bond donors (Lipinski definition) is 0. The van der Waals surface area contributed by atoms with Gasteiger partial charge in [0.05, 0.1) is 30.9 Å². The van der Waals surface area contributed by atoms with Gasteiger partial charge in [0.1, 0.15) is 5.75 Å². The van der Waals surface area contributed by atoms with Crippen molar-refractivity contribution in [1.82, 2.24) is 9.97 Å². The lowest BCUT2D eigenvalue weighted by molar-refractivity contribution is 0.415. The lowest BCUT2D eigenvalue weighted by Crippen LogP contribution is -1.91. The molecule has 0 unspecified atom stereocenters. The van der Waals surface area contributed by atoms with E-state index in [9.17, 15) is 0 Å². The zero-order valence-corrected chi connectivity index (χ0v) is 14.9. The van der Waals surface area contributed by atoms with E-state index in [0.29, 0.717) is 0 Å². The molecule has 0 spiro atoms. The molecule has 2 aromatic carbocycles. The highest BCUT2D eigenvalue weighted by molar-refractivity contribution is 5.63. The average Bonchev–Trinajstić information content (AvgIpc) is 2.69. The molecule has 0 amide bonds. The van der Waals surface area contributed by atoms with Gasteiger partial charge in [-0.3, -0.25) is 9.97 Å². The Kier molecular flexibility index (Phi) is 5.78. The normalized spacial score (nSPS) is 10.6. The summed E-state index contributed by atoms with van der Waals surface area (Å²) in [5, 5.41) is 0. The van der Waals surface area contributed by atoms with E-state index in [1.807, 2.05) is 36.7 Å². The third-order valence-electron chi connectivity index (χ3n) is 4.36. The highest BCUT2D eigenvalue weighted by Gasteiger charge is 2.04. The van der Waals surface area contributed by atoms with Crippen LogP contribution in [-0.2, 0) is 6.42 Å². The SMILES string of the molecule is CCCCCc1ccc(-c2cnc(-c3ccc(OC)cc3)cn2)cc1. The summed E-state index contributed by atoms with van der Waals surface area (Å²) in [7, 11) is 1.67. The second-order valence-corrected chi connectivity index (χ2v) is 6.17. The van der Waals surface area contributed by atoms with E-state index in [4.69, 9.17) is 4.74 Å². The fraction of sp³-hybridized carbons (Fsp3) is 0.273. The van der Waals surface area contributed by atoms with Crippen molar-refractivity contribution in [3.63, 3.8) is 0 Å². The van der Waals surface area contributed by atoms with Gasteiger partial charge in [-0.15, -0.1) is 0 Å². The monoisotopic (exact) mass is 332 g/mol. The van der Waals surface area contributed by atoms with Gasteiger partial charge in [-0.25, -0.2) is 0 Å². The molecule has 0 fully saturated rings. The molecule has 0 bridgehead atoms. The number of benzene rings is 2. The van der Waals surface area contributed by atoms with Gasteiger partial charge < -0.3 is 4.74 Å². The molecule has 0 atom stereocenters. The van der Waals surface area contributed by atoms with Crippen molar-refractivity contribution in [3.05, 3.63) is 66.5 Å². The molecule has 25 heavy (non-hydrogen) atoms. The summed E-state index contributed by atoms with van der Waals surface area (Å²) in [6, 6.07) is 16.5. The average molecular weight is 332 g/mol. The van der Waals surface area contributed by atoms with Crippen LogP contribution in [0.25, 0.3) is 22.5 Å². The molecule has 3 aromatic rings. The molecule has 3 nitrogen and oxygen atoms in total. The third kappa shape index (κ3) is 4.44. The van der Waals surface area contributed by atoms with E-state index < -0.39 is 0 Å². The Morgan fingerprint density at radius 3 is 1.80 bits per heavy atom. The van der Waals surface area contributed by atoms with Crippen LogP contribution >= 0.6 is 0 Å². The van der Waals surface area contributed by atoms with Crippen LogP contribution in [0, 0.1) is 0 Å². The first-order valence-corrected chi connectivity index (χ1v) is 8.86. The van der Waals surface area contributed by atoms with Crippen molar-refractivity contribution in [2.75, 3.05) is 7.11 Å². The Morgan fingerprint density at radius 2 is 1.32 bits per heavy atom. The molecule has 1 heterocycles. The van der Waals surface area contributed by atoms with Crippen molar-refractivity contribution >= 4 is 0 Å². The molecule has 0 saturated heterocycles. The quantitative estimate of drug-likeness (QED) is 0.532. The summed E-state index contributed by atoms with van der Waals surface area (Å²) in [5.41, 5.74) is 5.29. The first kappa shape index (κ1) is 17.2. The number of aromatic nitrogens is 2. The zero-order valence-electron chi connectivity index (χ0n) is 14.9. The number of aryl methyl sites for hydroxylation is 1. The fourth-order valence-corrected chi connectivity index (χ4v) is 2.81. The maximum atomic E-state index is 5.19. The molecule has 128 valence electrons. The molecule has 0 saturated carbocycles. The molecule has 1 aromatic heterocycles. The Hall–Kier alpha value is -2.68. The predicted octanol–water partition coefficient (Wildman–Crippen LogP) is 5.55. The van der Waals surface area contributed by atoms with Crippen LogP contribution in [0.15, 0.2) is 60.9 Å². The van der Waals surface area contributed by atoms with E-state index >= 15 is 0 Å². The van der Waals surface area contributed by atoms with Crippen molar-refractivity contribution in [2.45, 2.75) is 32.6 Å². The van der Waals surface area contributed by atoms with Crippen LogP contribution < -0.4 is 4.74 Å².